The zero-order valence-electron chi connectivity index (χ0n) is 16.1. The van der Waals surface area contributed by atoms with E-state index in [0.29, 0.717) is 12.6 Å². The largest absolute Gasteiger partial charge is 0.388 e. The van der Waals surface area contributed by atoms with Crippen LogP contribution in [0, 0.1) is 5.92 Å². The zero-order valence-corrected chi connectivity index (χ0v) is 18.4. The Hall–Kier alpha value is -0.0800. The maximum atomic E-state index is 10.5. The van der Waals surface area contributed by atoms with Crippen LogP contribution in [0.15, 0.2) is 4.99 Å². The Bertz CT molecular complexity index is 381. The number of aliphatic imine (C=N–C) groups is 1. The van der Waals surface area contributed by atoms with Crippen LogP contribution in [-0.2, 0) is 4.74 Å². The molecule has 0 amide bonds. The zero-order chi connectivity index (χ0) is 17.3. The lowest BCUT2D eigenvalue weighted by Gasteiger charge is -2.24. The Morgan fingerprint density at radius 2 is 1.84 bits per heavy atom. The smallest absolute Gasteiger partial charge is 0.191 e. The monoisotopic (exact) mass is 467 g/mol. The number of rotatable bonds is 9. The van der Waals surface area contributed by atoms with Crippen LogP contribution in [0.1, 0.15) is 71.6 Å². The maximum Gasteiger partial charge on any atom is 0.191 e. The van der Waals surface area contributed by atoms with E-state index in [1.165, 1.54) is 25.7 Å². The molecule has 0 saturated heterocycles. The fourth-order valence-corrected chi connectivity index (χ4v) is 4.09. The standard InChI is InChI=1S/C19H37N3O2.HI/c1-3-20-18(22-15-19(23)12-7-8-13-19)21-14-11-17(24-4-2)16-9-5-6-10-16;/h16-17,23H,3-15H2,1-2H3,(H2,20,21,22);1H. The van der Waals surface area contributed by atoms with E-state index in [1.807, 2.05) is 0 Å². The van der Waals surface area contributed by atoms with Crippen LogP contribution in [0.3, 0.4) is 0 Å². The van der Waals surface area contributed by atoms with Gasteiger partial charge < -0.3 is 20.5 Å². The molecule has 0 heterocycles. The molecule has 2 rings (SSSR count). The third-order valence-electron chi connectivity index (χ3n) is 5.44. The first-order chi connectivity index (χ1) is 11.7. The van der Waals surface area contributed by atoms with Gasteiger partial charge in [-0.1, -0.05) is 25.7 Å². The highest BCUT2D eigenvalue weighted by atomic mass is 127. The number of guanidine groups is 1. The Kier molecular flexibility index (Phi) is 11.3. The van der Waals surface area contributed by atoms with Crippen molar-refractivity contribution in [2.45, 2.75) is 83.3 Å². The van der Waals surface area contributed by atoms with E-state index < -0.39 is 5.60 Å². The topological polar surface area (TPSA) is 65.9 Å². The lowest BCUT2D eigenvalue weighted by atomic mass is 9.98. The summed E-state index contributed by atoms with van der Waals surface area (Å²) in [5.41, 5.74) is -0.583. The average Bonchev–Trinajstić information content (AvgIpc) is 3.24. The van der Waals surface area contributed by atoms with Crippen LogP contribution in [0.5, 0.6) is 0 Å². The molecule has 3 N–H and O–H groups in total. The Labute approximate surface area is 170 Å². The summed E-state index contributed by atoms with van der Waals surface area (Å²) in [5.74, 6) is 1.55. The quantitative estimate of drug-likeness (QED) is 0.276. The van der Waals surface area contributed by atoms with Gasteiger partial charge in [-0.3, -0.25) is 4.99 Å². The van der Waals surface area contributed by atoms with E-state index in [-0.39, 0.29) is 24.0 Å². The summed E-state index contributed by atoms with van der Waals surface area (Å²) >= 11 is 0. The molecule has 6 heteroatoms. The van der Waals surface area contributed by atoms with E-state index in [1.54, 1.807) is 0 Å². The highest BCUT2D eigenvalue weighted by Gasteiger charge is 2.30. The summed E-state index contributed by atoms with van der Waals surface area (Å²) in [7, 11) is 0. The SMILES string of the molecule is CCNC(=NCC1(O)CCCC1)NCCC(OCC)C1CCCC1.I. The molecular formula is C19H38IN3O2. The molecule has 0 spiro atoms. The van der Waals surface area contributed by atoms with Gasteiger partial charge in [-0.2, -0.15) is 0 Å². The predicted molar refractivity (Wildman–Crippen MR) is 115 cm³/mol. The number of ether oxygens (including phenoxy) is 1. The molecular weight excluding hydrogens is 429 g/mol. The molecule has 0 bridgehead atoms. The molecule has 148 valence electrons. The normalized spacial score (nSPS) is 21.8. The van der Waals surface area contributed by atoms with Gasteiger partial charge in [-0.25, -0.2) is 0 Å². The number of nitrogens with zero attached hydrogens (tertiary/aromatic N) is 1. The van der Waals surface area contributed by atoms with Crippen molar-refractivity contribution in [1.29, 1.82) is 0 Å². The second-order valence-electron chi connectivity index (χ2n) is 7.38. The van der Waals surface area contributed by atoms with Crippen molar-refractivity contribution in [3.8, 4) is 0 Å². The number of aliphatic hydroxyl groups is 1. The molecule has 2 aliphatic carbocycles. The van der Waals surface area contributed by atoms with Crippen LogP contribution in [0.25, 0.3) is 0 Å². The van der Waals surface area contributed by atoms with Crippen molar-refractivity contribution < 1.29 is 9.84 Å². The molecule has 0 radical (unpaired) electrons. The van der Waals surface area contributed by atoms with Crippen LogP contribution in [0.4, 0.5) is 0 Å². The molecule has 2 saturated carbocycles. The minimum absolute atomic E-state index is 0. The van der Waals surface area contributed by atoms with Gasteiger partial charge >= 0.3 is 0 Å². The summed E-state index contributed by atoms with van der Waals surface area (Å²) < 4.78 is 5.98. The van der Waals surface area contributed by atoms with E-state index in [9.17, 15) is 5.11 Å². The lowest BCUT2D eigenvalue weighted by Crippen LogP contribution is -2.41. The third kappa shape index (κ3) is 7.99. The number of hydrogen-bond donors (Lipinski definition) is 3. The van der Waals surface area contributed by atoms with Gasteiger partial charge in [0.25, 0.3) is 0 Å². The highest BCUT2D eigenvalue weighted by Crippen LogP contribution is 2.31. The fourth-order valence-electron chi connectivity index (χ4n) is 4.09. The molecule has 1 unspecified atom stereocenters. The Morgan fingerprint density at radius 1 is 1.16 bits per heavy atom. The molecule has 0 aliphatic heterocycles. The molecule has 0 aromatic carbocycles. The summed E-state index contributed by atoms with van der Waals surface area (Å²) in [6.45, 7) is 7.15. The molecule has 1 atom stereocenters. The molecule has 2 aliphatic rings. The van der Waals surface area contributed by atoms with Crippen LogP contribution >= 0.6 is 24.0 Å². The lowest BCUT2D eigenvalue weighted by molar-refractivity contribution is 0.0169. The molecule has 0 aromatic heterocycles. The van der Waals surface area contributed by atoms with E-state index in [2.05, 4.69) is 29.5 Å². The first-order valence-corrected chi connectivity index (χ1v) is 10.0. The van der Waals surface area contributed by atoms with E-state index in [4.69, 9.17) is 4.74 Å². The van der Waals surface area contributed by atoms with Crippen LogP contribution in [0.2, 0.25) is 0 Å². The number of nitrogens with one attached hydrogen (secondary N) is 2. The van der Waals surface area contributed by atoms with E-state index in [0.717, 1.165) is 63.7 Å². The minimum Gasteiger partial charge on any atom is -0.388 e. The summed E-state index contributed by atoms with van der Waals surface area (Å²) in [4.78, 5) is 4.61. The van der Waals surface area contributed by atoms with Gasteiger partial charge in [0.05, 0.1) is 18.2 Å². The van der Waals surface area contributed by atoms with Crippen LogP contribution in [-0.4, -0.2) is 49.0 Å². The maximum absolute atomic E-state index is 10.5. The van der Waals surface area contributed by atoms with Crippen molar-refractivity contribution >= 4 is 29.9 Å². The van der Waals surface area contributed by atoms with Crippen molar-refractivity contribution in [3.05, 3.63) is 0 Å². The summed E-state index contributed by atoms with van der Waals surface area (Å²) in [5, 5.41) is 17.2. The van der Waals surface area contributed by atoms with Gasteiger partial charge in [-0.05, 0) is 51.9 Å². The van der Waals surface area contributed by atoms with Gasteiger partial charge in [0.2, 0.25) is 0 Å². The molecule has 2 fully saturated rings. The number of halogens is 1. The van der Waals surface area contributed by atoms with Crippen molar-refractivity contribution in [3.63, 3.8) is 0 Å². The fraction of sp³-hybridized carbons (Fsp3) is 0.947. The molecule has 5 nitrogen and oxygen atoms in total. The first kappa shape index (κ1) is 23.0. The molecule has 25 heavy (non-hydrogen) atoms. The second kappa shape index (κ2) is 12.3. The second-order valence-corrected chi connectivity index (χ2v) is 7.38. The van der Waals surface area contributed by atoms with Crippen molar-refractivity contribution in [2.24, 2.45) is 10.9 Å². The van der Waals surface area contributed by atoms with Crippen LogP contribution < -0.4 is 10.6 Å². The first-order valence-electron chi connectivity index (χ1n) is 10.0. The van der Waals surface area contributed by atoms with Gasteiger partial charge in [0, 0.05) is 19.7 Å². The Balaban J connectivity index is 0.00000312. The summed E-state index contributed by atoms with van der Waals surface area (Å²) in [6, 6.07) is 0. The minimum atomic E-state index is -0.583. The van der Waals surface area contributed by atoms with Gasteiger partial charge in [0.15, 0.2) is 5.96 Å². The molecule has 0 aromatic rings. The average molecular weight is 467 g/mol. The number of hydrogen-bond acceptors (Lipinski definition) is 3. The van der Waals surface area contributed by atoms with Gasteiger partial charge in [0.1, 0.15) is 0 Å². The van der Waals surface area contributed by atoms with Crippen molar-refractivity contribution in [2.75, 3.05) is 26.2 Å². The van der Waals surface area contributed by atoms with Gasteiger partial charge in [-0.15, -0.1) is 24.0 Å². The highest BCUT2D eigenvalue weighted by molar-refractivity contribution is 14.0. The predicted octanol–water partition coefficient (Wildman–Crippen LogP) is 3.45. The third-order valence-corrected chi connectivity index (χ3v) is 5.44. The Morgan fingerprint density at radius 3 is 2.44 bits per heavy atom. The van der Waals surface area contributed by atoms with Crippen molar-refractivity contribution in [1.82, 2.24) is 10.6 Å². The van der Waals surface area contributed by atoms with E-state index >= 15 is 0 Å². The summed E-state index contributed by atoms with van der Waals surface area (Å²) in [6.07, 6.45) is 10.7.